The number of esters is 1. The molecule has 3 aromatic rings. The van der Waals surface area contributed by atoms with Crippen LogP contribution >= 0.6 is 23.2 Å². The molecular weight excluding hydrogens is 449 g/mol. The number of carbonyl (C=O) groups excluding carboxylic acids is 1. The van der Waals surface area contributed by atoms with Crippen LogP contribution in [0.1, 0.15) is 29.5 Å². The van der Waals surface area contributed by atoms with Crippen molar-refractivity contribution in [2.75, 3.05) is 14.1 Å². The second kappa shape index (κ2) is 8.93. The van der Waals surface area contributed by atoms with Gasteiger partial charge in [-0.2, -0.15) is 0 Å². The van der Waals surface area contributed by atoms with Gasteiger partial charge < -0.3 is 9.30 Å². The summed E-state index contributed by atoms with van der Waals surface area (Å²) in [5, 5.41) is 0.623. The summed E-state index contributed by atoms with van der Waals surface area (Å²) in [5.74, 6) is -0.0765. The number of hydrogen-bond donors (Lipinski definition) is 0. The molecule has 0 aliphatic carbocycles. The van der Waals surface area contributed by atoms with Crippen molar-refractivity contribution in [1.29, 1.82) is 0 Å². The first-order valence-electron chi connectivity index (χ1n) is 9.19. The topological polar surface area (TPSA) is 81.5 Å². The lowest BCUT2D eigenvalue weighted by molar-refractivity contribution is 0.0458. The number of ether oxygens (including phenoxy) is 1. The fourth-order valence-corrected chi connectivity index (χ4v) is 4.38. The number of hydrogen-bond acceptors (Lipinski definition) is 5. The van der Waals surface area contributed by atoms with Gasteiger partial charge in [-0.3, -0.25) is 0 Å². The maximum absolute atomic E-state index is 12.4. The Hall–Kier alpha value is -2.13. The quantitative estimate of drug-likeness (QED) is 0.480. The zero-order valence-electron chi connectivity index (χ0n) is 16.7. The second-order valence-corrected chi connectivity index (χ2v) is 9.81. The van der Waals surface area contributed by atoms with Gasteiger partial charge in [0.05, 0.1) is 26.5 Å². The van der Waals surface area contributed by atoms with E-state index in [-0.39, 0.29) is 22.1 Å². The van der Waals surface area contributed by atoms with Crippen LogP contribution in [-0.4, -0.2) is 42.3 Å². The van der Waals surface area contributed by atoms with E-state index in [4.69, 9.17) is 27.9 Å². The molecule has 0 aliphatic rings. The van der Waals surface area contributed by atoms with Gasteiger partial charge in [-0.1, -0.05) is 30.1 Å². The van der Waals surface area contributed by atoms with Crippen LogP contribution in [0.5, 0.6) is 0 Å². The summed E-state index contributed by atoms with van der Waals surface area (Å²) in [4.78, 5) is 17.1. The van der Waals surface area contributed by atoms with Crippen LogP contribution in [0.15, 0.2) is 41.3 Å². The molecule has 0 amide bonds. The zero-order valence-corrected chi connectivity index (χ0v) is 19.1. The molecule has 0 atom stereocenters. The summed E-state index contributed by atoms with van der Waals surface area (Å²) in [7, 11) is -0.633. The van der Waals surface area contributed by atoms with E-state index in [0.717, 1.165) is 16.2 Å². The molecule has 0 aliphatic heterocycles. The van der Waals surface area contributed by atoms with Crippen LogP contribution in [0.2, 0.25) is 10.0 Å². The van der Waals surface area contributed by atoms with Crippen LogP contribution < -0.4 is 0 Å². The molecule has 1 aromatic heterocycles. The third-order valence-electron chi connectivity index (χ3n) is 4.51. The van der Waals surface area contributed by atoms with Crippen LogP contribution in [0.4, 0.5) is 0 Å². The van der Waals surface area contributed by atoms with Crippen molar-refractivity contribution >= 4 is 50.2 Å². The summed E-state index contributed by atoms with van der Waals surface area (Å²) in [6.45, 7) is 2.58. The highest BCUT2D eigenvalue weighted by Crippen LogP contribution is 2.24. The highest BCUT2D eigenvalue weighted by Gasteiger charge is 2.20. The molecule has 7 nitrogen and oxygen atoms in total. The average Bonchev–Trinajstić information content (AvgIpc) is 3.03. The fourth-order valence-electron chi connectivity index (χ4n) is 2.98. The second-order valence-electron chi connectivity index (χ2n) is 6.82. The van der Waals surface area contributed by atoms with Crippen molar-refractivity contribution in [2.24, 2.45) is 0 Å². The Kier molecular flexibility index (Phi) is 6.71. The maximum atomic E-state index is 12.4. The monoisotopic (exact) mass is 469 g/mol. The maximum Gasteiger partial charge on any atom is 0.340 e. The molecule has 10 heteroatoms. The molecule has 0 spiro atoms. The van der Waals surface area contributed by atoms with Crippen molar-refractivity contribution in [3.63, 3.8) is 0 Å². The predicted octanol–water partition coefficient (Wildman–Crippen LogP) is 4.36. The standard InChI is InChI=1S/C20H21Cl2N3O4S/c1-4-9-25-18-8-6-14(30(27,28)24(2)3)11-17(18)23-19(25)12-29-20(26)15-7-5-13(21)10-16(15)22/h5-8,10-11H,4,9,12H2,1-3H3. The van der Waals surface area contributed by atoms with Crippen molar-refractivity contribution in [1.82, 2.24) is 13.9 Å². The summed E-state index contributed by atoms with van der Waals surface area (Å²) in [5.41, 5.74) is 1.49. The van der Waals surface area contributed by atoms with Gasteiger partial charge in [-0.05, 0) is 42.8 Å². The largest absolute Gasteiger partial charge is 0.454 e. The number of aryl methyl sites for hydroxylation is 1. The number of fused-ring (bicyclic) bond motifs is 1. The van der Waals surface area contributed by atoms with Crippen LogP contribution in [0.25, 0.3) is 11.0 Å². The number of halogens is 2. The van der Waals surface area contributed by atoms with Gasteiger partial charge in [0.1, 0.15) is 12.4 Å². The van der Waals surface area contributed by atoms with Crippen molar-refractivity contribution < 1.29 is 17.9 Å². The fraction of sp³-hybridized carbons (Fsp3) is 0.300. The average molecular weight is 470 g/mol. The molecule has 0 fully saturated rings. The molecule has 0 saturated carbocycles. The summed E-state index contributed by atoms with van der Waals surface area (Å²) in [6, 6.07) is 9.32. The highest BCUT2D eigenvalue weighted by atomic mass is 35.5. The molecule has 1 heterocycles. The number of aromatic nitrogens is 2. The molecule has 3 rings (SSSR count). The van der Waals surface area contributed by atoms with Gasteiger partial charge >= 0.3 is 5.97 Å². The van der Waals surface area contributed by atoms with E-state index in [1.165, 1.54) is 32.3 Å². The smallest absolute Gasteiger partial charge is 0.340 e. The minimum atomic E-state index is -3.58. The molecule has 0 N–H and O–H groups in total. The minimum absolute atomic E-state index is 0.0811. The number of imidazole rings is 1. The van der Waals surface area contributed by atoms with Crippen LogP contribution in [-0.2, 0) is 27.9 Å². The Bertz CT molecular complexity index is 1210. The van der Waals surface area contributed by atoms with E-state index < -0.39 is 16.0 Å². The lowest BCUT2D eigenvalue weighted by Crippen LogP contribution is -2.22. The number of carbonyl (C=O) groups is 1. The molecule has 30 heavy (non-hydrogen) atoms. The Labute approximate surface area is 185 Å². The van der Waals surface area contributed by atoms with Gasteiger partial charge in [-0.15, -0.1) is 0 Å². The van der Waals surface area contributed by atoms with Gasteiger partial charge in [-0.25, -0.2) is 22.5 Å². The highest BCUT2D eigenvalue weighted by molar-refractivity contribution is 7.89. The third-order valence-corrected chi connectivity index (χ3v) is 6.87. The van der Waals surface area contributed by atoms with E-state index in [1.807, 2.05) is 11.5 Å². The number of sulfonamides is 1. The van der Waals surface area contributed by atoms with E-state index in [9.17, 15) is 13.2 Å². The van der Waals surface area contributed by atoms with Crippen LogP contribution in [0.3, 0.4) is 0 Å². The molecule has 0 bridgehead atoms. The first-order chi connectivity index (χ1) is 14.1. The molecule has 0 saturated heterocycles. The first kappa shape index (κ1) is 22.6. The van der Waals surface area contributed by atoms with Crippen molar-refractivity contribution in [3.8, 4) is 0 Å². The first-order valence-corrected chi connectivity index (χ1v) is 11.4. The lowest BCUT2D eigenvalue weighted by atomic mass is 10.2. The minimum Gasteiger partial charge on any atom is -0.454 e. The Morgan fingerprint density at radius 1 is 1.17 bits per heavy atom. The number of rotatable bonds is 7. The Morgan fingerprint density at radius 2 is 1.90 bits per heavy atom. The van der Waals surface area contributed by atoms with Gasteiger partial charge in [0.15, 0.2) is 0 Å². The summed E-state index contributed by atoms with van der Waals surface area (Å²) < 4.78 is 33.3. The third kappa shape index (κ3) is 4.46. The zero-order chi connectivity index (χ0) is 22.1. The van der Waals surface area contributed by atoms with Gasteiger partial charge in [0.2, 0.25) is 10.0 Å². The predicted molar refractivity (Wildman–Crippen MR) is 116 cm³/mol. The summed E-state index contributed by atoms with van der Waals surface area (Å²) in [6.07, 6.45) is 0.827. The molecule has 0 unspecified atom stereocenters. The Morgan fingerprint density at radius 3 is 2.53 bits per heavy atom. The normalized spacial score (nSPS) is 11.9. The van der Waals surface area contributed by atoms with Crippen molar-refractivity contribution in [3.05, 3.63) is 57.8 Å². The molecule has 0 radical (unpaired) electrons. The Balaban J connectivity index is 1.92. The molecule has 2 aromatic carbocycles. The SMILES string of the molecule is CCCn1c(COC(=O)c2ccc(Cl)cc2Cl)nc2cc(S(=O)(=O)N(C)C)ccc21. The van der Waals surface area contributed by atoms with Crippen LogP contribution in [0, 0.1) is 0 Å². The summed E-state index contributed by atoms with van der Waals surface area (Å²) >= 11 is 11.9. The lowest BCUT2D eigenvalue weighted by Gasteiger charge is -2.11. The van der Waals surface area contributed by atoms with Crippen molar-refractivity contribution in [2.45, 2.75) is 31.4 Å². The van der Waals surface area contributed by atoms with E-state index in [1.54, 1.807) is 18.2 Å². The molecular formula is C20H21Cl2N3O4S. The molecule has 160 valence electrons. The number of benzene rings is 2. The van der Waals surface area contributed by atoms with E-state index >= 15 is 0 Å². The van der Waals surface area contributed by atoms with E-state index in [0.29, 0.717) is 22.9 Å². The van der Waals surface area contributed by atoms with E-state index in [2.05, 4.69) is 4.98 Å². The van der Waals surface area contributed by atoms with Gasteiger partial charge in [0, 0.05) is 25.7 Å². The van der Waals surface area contributed by atoms with Gasteiger partial charge in [0.25, 0.3) is 0 Å². The number of nitrogens with zero attached hydrogens (tertiary/aromatic N) is 3.